The first-order chi connectivity index (χ1) is 8.81. The lowest BCUT2D eigenvalue weighted by molar-refractivity contribution is 0.0512. The highest BCUT2D eigenvalue weighted by Crippen LogP contribution is 2.10. The first-order valence-corrected chi connectivity index (χ1v) is 6.86. The van der Waals surface area contributed by atoms with Gasteiger partial charge in [0.1, 0.15) is 5.69 Å². The van der Waals surface area contributed by atoms with E-state index in [1.807, 2.05) is 29.8 Å². The largest absolute Gasteiger partial charge is 0.461 e. The number of rotatable bonds is 5. The van der Waals surface area contributed by atoms with E-state index in [1.54, 1.807) is 0 Å². The van der Waals surface area contributed by atoms with Crippen LogP contribution < -0.4 is 0 Å². The fourth-order valence-electron chi connectivity index (χ4n) is 2.43. The second-order valence-electron chi connectivity index (χ2n) is 4.71. The zero-order valence-corrected chi connectivity index (χ0v) is 11.1. The van der Waals surface area contributed by atoms with Crippen molar-refractivity contribution in [3.8, 4) is 0 Å². The van der Waals surface area contributed by atoms with Crippen molar-refractivity contribution >= 4 is 5.97 Å². The minimum atomic E-state index is -0.221. The van der Waals surface area contributed by atoms with Crippen LogP contribution in [0.2, 0.25) is 0 Å². The first-order valence-electron chi connectivity index (χ1n) is 6.86. The first kappa shape index (κ1) is 13.1. The van der Waals surface area contributed by atoms with Crippen molar-refractivity contribution in [3.63, 3.8) is 0 Å². The molecule has 0 atom stereocenters. The van der Waals surface area contributed by atoms with Crippen LogP contribution in [-0.4, -0.2) is 41.7 Å². The molecule has 1 fully saturated rings. The van der Waals surface area contributed by atoms with Gasteiger partial charge in [-0.3, -0.25) is 0 Å². The summed E-state index contributed by atoms with van der Waals surface area (Å²) in [4.78, 5) is 14.2. The Morgan fingerprint density at radius 3 is 2.78 bits per heavy atom. The lowest BCUT2D eigenvalue weighted by Gasteiger charge is -2.26. The van der Waals surface area contributed by atoms with E-state index in [0.29, 0.717) is 12.3 Å². The standard InChI is InChI=1S/C14H22N2O2/c1-2-18-14(17)13-7-6-10-16(13)12-11-15-8-4-3-5-9-15/h6-7,10H,2-5,8-9,11-12H2,1H3. The van der Waals surface area contributed by atoms with Crippen molar-refractivity contribution < 1.29 is 9.53 Å². The molecule has 1 aromatic rings. The van der Waals surface area contributed by atoms with Crippen LogP contribution in [0, 0.1) is 0 Å². The number of hydrogen-bond donors (Lipinski definition) is 0. The van der Waals surface area contributed by atoms with Gasteiger partial charge < -0.3 is 14.2 Å². The zero-order chi connectivity index (χ0) is 12.8. The van der Waals surface area contributed by atoms with Crippen LogP contribution >= 0.6 is 0 Å². The molecule has 18 heavy (non-hydrogen) atoms. The van der Waals surface area contributed by atoms with Crippen molar-refractivity contribution in [2.75, 3.05) is 26.2 Å². The van der Waals surface area contributed by atoms with Gasteiger partial charge >= 0.3 is 5.97 Å². The highest BCUT2D eigenvalue weighted by Gasteiger charge is 2.13. The van der Waals surface area contributed by atoms with Crippen LogP contribution in [0.5, 0.6) is 0 Å². The minimum Gasteiger partial charge on any atom is -0.461 e. The monoisotopic (exact) mass is 250 g/mol. The van der Waals surface area contributed by atoms with E-state index >= 15 is 0 Å². The van der Waals surface area contributed by atoms with Crippen molar-refractivity contribution in [2.24, 2.45) is 0 Å². The lowest BCUT2D eigenvalue weighted by Crippen LogP contribution is -2.33. The number of carbonyl (C=O) groups is 1. The van der Waals surface area contributed by atoms with Gasteiger partial charge in [0.05, 0.1) is 6.61 Å². The van der Waals surface area contributed by atoms with E-state index in [0.717, 1.165) is 13.1 Å². The summed E-state index contributed by atoms with van der Waals surface area (Å²) in [6.07, 6.45) is 5.91. The van der Waals surface area contributed by atoms with Crippen LogP contribution in [0.3, 0.4) is 0 Å². The molecule has 1 aliphatic rings. The number of esters is 1. The number of aromatic nitrogens is 1. The Kier molecular flexibility index (Phi) is 4.81. The second kappa shape index (κ2) is 6.59. The summed E-state index contributed by atoms with van der Waals surface area (Å²) in [5, 5.41) is 0. The smallest absolute Gasteiger partial charge is 0.354 e. The minimum absolute atomic E-state index is 0.221. The molecule has 0 aromatic carbocycles. The third kappa shape index (κ3) is 3.35. The molecule has 1 aromatic heterocycles. The van der Waals surface area contributed by atoms with E-state index in [1.165, 1.54) is 32.4 Å². The normalized spacial score (nSPS) is 16.7. The summed E-state index contributed by atoms with van der Waals surface area (Å²) in [5.74, 6) is -0.221. The van der Waals surface area contributed by atoms with E-state index in [2.05, 4.69) is 4.90 Å². The van der Waals surface area contributed by atoms with Crippen LogP contribution in [0.15, 0.2) is 18.3 Å². The summed E-state index contributed by atoms with van der Waals surface area (Å²) >= 11 is 0. The molecular weight excluding hydrogens is 228 g/mol. The van der Waals surface area contributed by atoms with Crippen molar-refractivity contribution in [2.45, 2.75) is 32.7 Å². The molecule has 0 unspecified atom stereocenters. The Labute approximate surface area is 109 Å². The van der Waals surface area contributed by atoms with E-state index in [9.17, 15) is 4.79 Å². The fourth-order valence-corrected chi connectivity index (χ4v) is 2.43. The molecule has 0 spiro atoms. The topological polar surface area (TPSA) is 34.5 Å². The van der Waals surface area contributed by atoms with Gasteiger partial charge in [-0.2, -0.15) is 0 Å². The molecule has 0 aliphatic carbocycles. The summed E-state index contributed by atoms with van der Waals surface area (Å²) in [7, 11) is 0. The van der Waals surface area contributed by atoms with Gasteiger partial charge in [0.2, 0.25) is 0 Å². The van der Waals surface area contributed by atoms with E-state index < -0.39 is 0 Å². The Morgan fingerprint density at radius 1 is 1.28 bits per heavy atom. The predicted molar refractivity (Wildman–Crippen MR) is 70.7 cm³/mol. The summed E-state index contributed by atoms with van der Waals surface area (Å²) in [6.45, 7) is 6.52. The summed E-state index contributed by atoms with van der Waals surface area (Å²) < 4.78 is 7.04. The second-order valence-corrected chi connectivity index (χ2v) is 4.71. The van der Waals surface area contributed by atoms with Crippen LogP contribution in [-0.2, 0) is 11.3 Å². The molecule has 2 rings (SSSR count). The van der Waals surface area contributed by atoms with Gasteiger partial charge in [0, 0.05) is 19.3 Å². The molecule has 4 nitrogen and oxygen atoms in total. The quantitative estimate of drug-likeness (QED) is 0.751. The molecule has 0 bridgehead atoms. The summed E-state index contributed by atoms with van der Waals surface area (Å²) in [5.41, 5.74) is 0.661. The van der Waals surface area contributed by atoms with Crippen LogP contribution in [0.25, 0.3) is 0 Å². The maximum atomic E-state index is 11.7. The Hall–Kier alpha value is -1.29. The van der Waals surface area contributed by atoms with Crippen LogP contribution in [0.1, 0.15) is 36.7 Å². The molecular formula is C14H22N2O2. The van der Waals surface area contributed by atoms with E-state index in [-0.39, 0.29) is 5.97 Å². The van der Waals surface area contributed by atoms with Gasteiger partial charge in [-0.1, -0.05) is 6.42 Å². The fraction of sp³-hybridized carbons (Fsp3) is 0.643. The molecule has 0 N–H and O–H groups in total. The number of likely N-dealkylation sites (tertiary alicyclic amines) is 1. The highest BCUT2D eigenvalue weighted by molar-refractivity contribution is 5.87. The Morgan fingerprint density at radius 2 is 2.06 bits per heavy atom. The maximum Gasteiger partial charge on any atom is 0.354 e. The number of piperidine rings is 1. The predicted octanol–water partition coefficient (Wildman–Crippen LogP) is 2.15. The lowest BCUT2D eigenvalue weighted by atomic mass is 10.1. The van der Waals surface area contributed by atoms with Gasteiger partial charge in [0.15, 0.2) is 0 Å². The number of hydrogen-bond acceptors (Lipinski definition) is 3. The number of ether oxygens (including phenoxy) is 1. The molecule has 100 valence electrons. The van der Waals surface area contributed by atoms with Crippen LogP contribution in [0.4, 0.5) is 0 Å². The molecule has 2 heterocycles. The van der Waals surface area contributed by atoms with Crippen molar-refractivity contribution in [3.05, 3.63) is 24.0 Å². The van der Waals surface area contributed by atoms with Crippen molar-refractivity contribution in [1.82, 2.24) is 9.47 Å². The molecule has 4 heteroatoms. The third-order valence-electron chi connectivity index (χ3n) is 3.42. The molecule has 1 aliphatic heterocycles. The zero-order valence-electron chi connectivity index (χ0n) is 11.1. The summed E-state index contributed by atoms with van der Waals surface area (Å²) in [6, 6.07) is 3.73. The van der Waals surface area contributed by atoms with Gasteiger partial charge in [-0.05, 0) is 45.0 Å². The van der Waals surface area contributed by atoms with Crippen molar-refractivity contribution in [1.29, 1.82) is 0 Å². The average Bonchev–Trinajstić information content (AvgIpc) is 2.86. The van der Waals surface area contributed by atoms with E-state index in [4.69, 9.17) is 4.74 Å². The molecule has 0 saturated carbocycles. The Bertz CT molecular complexity index is 381. The Balaban J connectivity index is 1.88. The van der Waals surface area contributed by atoms with Gasteiger partial charge in [-0.25, -0.2) is 4.79 Å². The maximum absolute atomic E-state index is 11.7. The highest BCUT2D eigenvalue weighted by atomic mass is 16.5. The third-order valence-corrected chi connectivity index (χ3v) is 3.42. The number of carbonyl (C=O) groups excluding carboxylic acids is 1. The molecule has 1 saturated heterocycles. The van der Waals surface area contributed by atoms with Gasteiger partial charge in [0.25, 0.3) is 0 Å². The van der Waals surface area contributed by atoms with Gasteiger partial charge in [-0.15, -0.1) is 0 Å². The molecule has 0 amide bonds. The average molecular weight is 250 g/mol. The SMILES string of the molecule is CCOC(=O)c1cccn1CCN1CCCCC1. The number of nitrogens with zero attached hydrogens (tertiary/aromatic N) is 2. The molecule has 0 radical (unpaired) electrons.